The average molecular weight is 177 g/mol. The van der Waals surface area contributed by atoms with Gasteiger partial charge in [0.1, 0.15) is 6.23 Å². The van der Waals surface area contributed by atoms with E-state index >= 15 is 0 Å². The van der Waals surface area contributed by atoms with Crippen LogP contribution in [0.1, 0.15) is 33.1 Å². The average Bonchev–Trinajstić information content (AvgIpc) is 2.02. The summed E-state index contributed by atoms with van der Waals surface area (Å²) in [5.41, 5.74) is 5.07. The van der Waals surface area contributed by atoms with Crippen LogP contribution < -0.4 is 5.73 Å². The number of carboxylic acids is 1. The minimum Gasteiger partial charge on any atom is -0.481 e. The molecule has 1 unspecified atom stereocenters. The van der Waals surface area contributed by atoms with Gasteiger partial charge in [0.15, 0.2) is 0 Å². The van der Waals surface area contributed by atoms with Gasteiger partial charge in [-0.1, -0.05) is 13.3 Å². The van der Waals surface area contributed by atoms with Gasteiger partial charge < -0.3 is 15.6 Å². The van der Waals surface area contributed by atoms with Gasteiger partial charge in [-0.05, 0) is 13.3 Å². The molecule has 1 atom stereocenters. The van der Waals surface area contributed by atoms with Gasteiger partial charge >= 0.3 is 5.97 Å². The Kier molecular flexibility index (Phi) is 12.1. The highest BCUT2D eigenvalue weighted by Crippen LogP contribution is 1.91. The maximum atomic E-state index is 9.76. The molecule has 3 N–H and O–H groups in total. The highest BCUT2D eigenvalue weighted by molar-refractivity contribution is 5.66. The topological polar surface area (TPSA) is 72.5 Å². The lowest BCUT2D eigenvalue weighted by Gasteiger charge is -1.95. The summed E-state index contributed by atoms with van der Waals surface area (Å²) in [5.74, 6) is -0.693. The molecule has 0 rings (SSSR count). The Morgan fingerprint density at radius 2 is 2.08 bits per heavy atom. The molecule has 0 aromatic carbocycles. The maximum absolute atomic E-state index is 9.76. The summed E-state index contributed by atoms with van der Waals surface area (Å²) in [6.07, 6.45) is 1.97. The predicted molar refractivity (Wildman–Crippen MR) is 47.8 cm³/mol. The molecule has 74 valence electrons. The molecule has 0 bridgehead atoms. The van der Waals surface area contributed by atoms with Crippen LogP contribution in [0.25, 0.3) is 0 Å². The van der Waals surface area contributed by atoms with Crippen molar-refractivity contribution in [2.45, 2.75) is 39.3 Å². The van der Waals surface area contributed by atoms with E-state index < -0.39 is 5.97 Å². The molecule has 0 aromatic rings. The van der Waals surface area contributed by atoms with E-state index in [-0.39, 0.29) is 6.23 Å². The molecule has 0 aliphatic rings. The van der Waals surface area contributed by atoms with E-state index in [1.807, 2.05) is 6.92 Å². The van der Waals surface area contributed by atoms with Crippen LogP contribution in [0.2, 0.25) is 0 Å². The quantitative estimate of drug-likeness (QED) is 0.633. The van der Waals surface area contributed by atoms with Crippen LogP contribution in [-0.2, 0) is 9.53 Å². The van der Waals surface area contributed by atoms with Crippen LogP contribution in [-0.4, -0.2) is 24.4 Å². The zero-order chi connectivity index (χ0) is 9.98. The van der Waals surface area contributed by atoms with Gasteiger partial charge in [-0.3, -0.25) is 4.79 Å². The number of hydrogen-bond acceptors (Lipinski definition) is 3. The second kappa shape index (κ2) is 10.4. The van der Waals surface area contributed by atoms with Crippen molar-refractivity contribution in [2.24, 2.45) is 5.73 Å². The van der Waals surface area contributed by atoms with Crippen molar-refractivity contribution in [2.75, 3.05) is 7.11 Å². The van der Waals surface area contributed by atoms with Gasteiger partial charge in [0, 0.05) is 13.5 Å². The molecule has 0 aliphatic heterocycles. The Bertz CT molecular complexity index is 104. The monoisotopic (exact) mass is 177 g/mol. The molecule has 0 amide bonds. The molecular weight excluding hydrogens is 158 g/mol. The SMILES string of the molecule is CCCCC(=O)O.COC(C)N. The van der Waals surface area contributed by atoms with E-state index in [0.717, 1.165) is 12.8 Å². The van der Waals surface area contributed by atoms with Crippen molar-refractivity contribution < 1.29 is 14.6 Å². The molecule has 0 aromatic heterocycles. The normalized spacial score (nSPS) is 11.3. The first-order valence-corrected chi connectivity index (χ1v) is 4.04. The molecule has 0 saturated heterocycles. The van der Waals surface area contributed by atoms with Crippen molar-refractivity contribution in [1.29, 1.82) is 0 Å². The largest absolute Gasteiger partial charge is 0.481 e. The Hall–Kier alpha value is -0.610. The Morgan fingerprint density at radius 1 is 1.67 bits per heavy atom. The van der Waals surface area contributed by atoms with Crippen LogP contribution in [0.3, 0.4) is 0 Å². The van der Waals surface area contributed by atoms with Crippen LogP contribution in [0.4, 0.5) is 0 Å². The van der Waals surface area contributed by atoms with E-state index in [1.54, 1.807) is 14.0 Å². The van der Waals surface area contributed by atoms with Crippen molar-refractivity contribution >= 4 is 5.97 Å². The molecule has 4 nitrogen and oxygen atoms in total. The highest BCUT2D eigenvalue weighted by atomic mass is 16.5. The van der Waals surface area contributed by atoms with Gasteiger partial charge in [0.2, 0.25) is 0 Å². The molecule has 4 heteroatoms. The summed E-state index contributed by atoms with van der Waals surface area (Å²) < 4.78 is 4.53. The molecule has 0 saturated carbocycles. The fraction of sp³-hybridized carbons (Fsp3) is 0.875. The number of unbranched alkanes of at least 4 members (excludes halogenated alkanes) is 1. The summed E-state index contributed by atoms with van der Waals surface area (Å²) in [6, 6.07) is 0. The third kappa shape index (κ3) is 22.8. The minimum absolute atomic E-state index is 0.116. The number of aliphatic carboxylic acids is 1. The maximum Gasteiger partial charge on any atom is 0.303 e. The second-order valence-electron chi connectivity index (χ2n) is 2.44. The van der Waals surface area contributed by atoms with E-state index in [1.165, 1.54) is 0 Å². The number of rotatable bonds is 4. The summed E-state index contributed by atoms with van der Waals surface area (Å²) in [6.45, 7) is 3.75. The Labute approximate surface area is 73.7 Å². The Balaban J connectivity index is 0. The minimum atomic E-state index is -0.693. The first-order chi connectivity index (χ1) is 5.54. The van der Waals surface area contributed by atoms with Crippen LogP contribution in [0, 0.1) is 0 Å². The first-order valence-electron chi connectivity index (χ1n) is 4.04. The lowest BCUT2D eigenvalue weighted by Crippen LogP contribution is -2.15. The van der Waals surface area contributed by atoms with E-state index in [9.17, 15) is 4.79 Å². The standard InChI is InChI=1S/C5H10O2.C3H9NO/c1-2-3-4-5(6)7;1-3(4)5-2/h2-4H2,1H3,(H,6,7);3H,4H2,1-2H3. The zero-order valence-electron chi connectivity index (χ0n) is 8.04. The van der Waals surface area contributed by atoms with E-state index in [4.69, 9.17) is 10.8 Å². The van der Waals surface area contributed by atoms with Crippen LogP contribution in [0.15, 0.2) is 0 Å². The van der Waals surface area contributed by atoms with Gasteiger partial charge in [0.05, 0.1) is 0 Å². The summed E-state index contributed by atoms with van der Waals surface area (Å²) in [4.78, 5) is 9.76. The van der Waals surface area contributed by atoms with Crippen molar-refractivity contribution in [3.05, 3.63) is 0 Å². The van der Waals surface area contributed by atoms with E-state index in [0.29, 0.717) is 6.42 Å². The van der Waals surface area contributed by atoms with Crippen molar-refractivity contribution in [1.82, 2.24) is 0 Å². The number of nitrogens with two attached hydrogens (primary N) is 1. The lowest BCUT2D eigenvalue weighted by molar-refractivity contribution is -0.137. The number of methoxy groups -OCH3 is 1. The molecule has 0 fully saturated rings. The predicted octanol–water partition coefficient (Wildman–Crippen LogP) is 1.20. The van der Waals surface area contributed by atoms with Crippen LogP contribution >= 0.6 is 0 Å². The number of carbonyl (C=O) groups is 1. The number of hydrogen-bond donors (Lipinski definition) is 2. The van der Waals surface area contributed by atoms with Gasteiger partial charge in [-0.25, -0.2) is 0 Å². The molecule has 12 heavy (non-hydrogen) atoms. The molecular formula is C8H19NO3. The van der Waals surface area contributed by atoms with Crippen molar-refractivity contribution in [3.63, 3.8) is 0 Å². The second-order valence-corrected chi connectivity index (χ2v) is 2.44. The van der Waals surface area contributed by atoms with Gasteiger partial charge in [-0.15, -0.1) is 0 Å². The van der Waals surface area contributed by atoms with Gasteiger partial charge in [-0.2, -0.15) is 0 Å². The smallest absolute Gasteiger partial charge is 0.303 e. The van der Waals surface area contributed by atoms with E-state index in [2.05, 4.69) is 4.74 Å². The summed E-state index contributed by atoms with van der Waals surface area (Å²) >= 11 is 0. The highest BCUT2D eigenvalue weighted by Gasteiger charge is 1.90. The first kappa shape index (κ1) is 13.9. The number of carboxylic acid groups (broad SMARTS) is 1. The third-order valence-electron chi connectivity index (χ3n) is 1.12. The van der Waals surface area contributed by atoms with Gasteiger partial charge in [0.25, 0.3) is 0 Å². The van der Waals surface area contributed by atoms with Crippen LogP contribution in [0.5, 0.6) is 0 Å². The molecule has 0 aliphatic carbocycles. The fourth-order valence-electron chi connectivity index (χ4n) is 0.328. The van der Waals surface area contributed by atoms with Crippen molar-refractivity contribution in [3.8, 4) is 0 Å². The molecule has 0 radical (unpaired) electrons. The summed E-state index contributed by atoms with van der Waals surface area (Å²) in [7, 11) is 1.57. The lowest BCUT2D eigenvalue weighted by atomic mass is 10.3. The molecule has 0 heterocycles. The zero-order valence-corrected chi connectivity index (χ0v) is 8.04. The Morgan fingerprint density at radius 3 is 2.17 bits per heavy atom. The summed E-state index contributed by atoms with van der Waals surface area (Å²) in [5, 5.41) is 8.04. The fourth-order valence-corrected chi connectivity index (χ4v) is 0.328. The third-order valence-corrected chi connectivity index (χ3v) is 1.12. The number of ether oxygens (including phenoxy) is 1. The molecule has 0 spiro atoms.